The van der Waals surface area contributed by atoms with E-state index in [-0.39, 0.29) is 5.69 Å². The molecule has 0 N–H and O–H groups in total. The van der Waals surface area contributed by atoms with Crippen LogP contribution < -0.4 is 0 Å². The molecule has 0 bridgehead atoms. The van der Waals surface area contributed by atoms with Gasteiger partial charge in [-0.3, -0.25) is 10.1 Å². The SMILES string of the molecule is COCCC(C)SSc1ccc([N+](=O)[O-])cn1. The molecular weight excluding hydrogens is 260 g/mol. The first kappa shape index (κ1) is 14.3. The summed E-state index contributed by atoms with van der Waals surface area (Å²) in [5.74, 6) is 0. The summed E-state index contributed by atoms with van der Waals surface area (Å²) < 4.78 is 4.99. The molecule has 1 heterocycles. The Kier molecular flexibility index (Phi) is 6.31. The van der Waals surface area contributed by atoms with E-state index in [0.29, 0.717) is 5.25 Å². The van der Waals surface area contributed by atoms with Gasteiger partial charge in [0, 0.05) is 25.0 Å². The molecule has 1 unspecified atom stereocenters. The van der Waals surface area contributed by atoms with Gasteiger partial charge in [-0.1, -0.05) is 17.7 Å². The third-order valence-corrected chi connectivity index (χ3v) is 4.82. The van der Waals surface area contributed by atoms with Crippen LogP contribution in [0, 0.1) is 10.1 Å². The van der Waals surface area contributed by atoms with Crippen LogP contribution >= 0.6 is 21.6 Å². The number of pyridine rings is 1. The highest BCUT2D eigenvalue weighted by Crippen LogP contribution is 2.34. The number of aromatic nitrogens is 1. The molecule has 0 aliphatic heterocycles. The maximum atomic E-state index is 10.4. The second kappa shape index (κ2) is 7.52. The molecule has 0 amide bonds. The Balaban J connectivity index is 2.39. The quantitative estimate of drug-likeness (QED) is 0.432. The van der Waals surface area contributed by atoms with E-state index in [2.05, 4.69) is 11.9 Å². The zero-order valence-corrected chi connectivity index (χ0v) is 11.3. The van der Waals surface area contributed by atoms with E-state index in [9.17, 15) is 10.1 Å². The lowest BCUT2D eigenvalue weighted by Crippen LogP contribution is -1.99. The highest BCUT2D eigenvalue weighted by Gasteiger charge is 2.08. The molecule has 0 aromatic carbocycles. The van der Waals surface area contributed by atoms with Crippen LogP contribution in [-0.4, -0.2) is 28.9 Å². The summed E-state index contributed by atoms with van der Waals surface area (Å²) in [5, 5.41) is 11.7. The van der Waals surface area contributed by atoms with Gasteiger partial charge >= 0.3 is 0 Å². The van der Waals surface area contributed by atoms with Gasteiger partial charge in [0.25, 0.3) is 5.69 Å². The fourth-order valence-electron chi connectivity index (χ4n) is 0.993. The van der Waals surface area contributed by atoms with Crippen molar-refractivity contribution < 1.29 is 9.66 Å². The predicted octanol–water partition coefficient (Wildman–Crippen LogP) is 3.16. The molecule has 0 radical (unpaired) electrons. The summed E-state index contributed by atoms with van der Waals surface area (Å²) in [5.41, 5.74) is 0.0202. The van der Waals surface area contributed by atoms with Crippen LogP contribution in [0.3, 0.4) is 0 Å². The summed E-state index contributed by atoms with van der Waals surface area (Å²) in [6.07, 6.45) is 2.25. The summed E-state index contributed by atoms with van der Waals surface area (Å²) in [6, 6.07) is 3.13. The first-order valence-electron chi connectivity index (χ1n) is 5.06. The molecule has 5 nitrogen and oxygen atoms in total. The number of methoxy groups -OCH3 is 1. The summed E-state index contributed by atoms with van der Waals surface area (Å²) in [4.78, 5) is 14.0. The molecule has 0 saturated heterocycles. The minimum Gasteiger partial charge on any atom is -0.385 e. The van der Waals surface area contributed by atoms with Crippen molar-refractivity contribution in [1.29, 1.82) is 0 Å². The van der Waals surface area contributed by atoms with Gasteiger partial charge in [0.2, 0.25) is 0 Å². The van der Waals surface area contributed by atoms with E-state index in [4.69, 9.17) is 4.74 Å². The number of nitro groups is 1. The lowest BCUT2D eigenvalue weighted by molar-refractivity contribution is -0.385. The molecule has 0 aliphatic carbocycles. The summed E-state index contributed by atoms with van der Waals surface area (Å²) in [6.45, 7) is 2.85. The number of rotatable bonds is 7. The van der Waals surface area contributed by atoms with Crippen molar-refractivity contribution in [2.75, 3.05) is 13.7 Å². The number of ether oxygens (including phenoxy) is 1. The van der Waals surface area contributed by atoms with Crippen molar-refractivity contribution >= 4 is 27.3 Å². The van der Waals surface area contributed by atoms with E-state index in [0.717, 1.165) is 18.1 Å². The third-order valence-electron chi connectivity index (χ3n) is 1.96. The van der Waals surface area contributed by atoms with Crippen LogP contribution in [0.5, 0.6) is 0 Å². The molecule has 94 valence electrons. The van der Waals surface area contributed by atoms with Crippen molar-refractivity contribution in [3.63, 3.8) is 0 Å². The van der Waals surface area contributed by atoms with Crippen LogP contribution in [0.15, 0.2) is 23.4 Å². The third kappa shape index (κ3) is 5.38. The molecule has 17 heavy (non-hydrogen) atoms. The fraction of sp³-hybridized carbons (Fsp3) is 0.500. The van der Waals surface area contributed by atoms with Gasteiger partial charge in [-0.2, -0.15) is 0 Å². The molecule has 7 heteroatoms. The molecule has 1 aromatic heterocycles. The monoisotopic (exact) mass is 274 g/mol. The minimum atomic E-state index is -0.449. The maximum absolute atomic E-state index is 10.4. The van der Waals surface area contributed by atoms with Crippen LogP contribution in [0.25, 0.3) is 0 Å². The first-order valence-corrected chi connectivity index (χ1v) is 7.27. The van der Waals surface area contributed by atoms with E-state index in [1.54, 1.807) is 24.0 Å². The normalized spacial score (nSPS) is 12.4. The second-order valence-corrected chi connectivity index (χ2v) is 6.04. The first-order chi connectivity index (χ1) is 8.13. The zero-order valence-electron chi connectivity index (χ0n) is 9.66. The van der Waals surface area contributed by atoms with Crippen molar-refractivity contribution in [2.24, 2.45) is 0 Å². The summed E-state index contributed by atoms with van der Waals surface area (Å²) in [7, 11) is 4.90. The fourth-order valence-corrected chi connectivity index (χ4v) is 3.04. The van der Waals surface area contributed by atoms with E-state index >= 15 is 0 Å². The average Bonchev–Trinajstić information content (AvgIpc) is 2.34. The highest BCUT2D eigenvalue weighted by atomic mass is 33.1. The van der Waals surface area contributed by atoms with Crippen LogP contribution in [0.2, 0.25) is 0 Å². The highest BCUT2D eigenvalue weighted by molar-refractivity contribution is 8.76. The lowest BCUT2D eigenvalue weighted by Gasteiger charge is -2.08. The van der Waals surface area contributed by atoms with Crippen LogP contribution in [0.4, 0.5) is 5.69 Å². The van der Waals surface area contributed by atoms with Gasteiger partial charge < -0.3 is 4.74 Å². The largest absolute Gasteiger partial charge is 0.385 e. The molecule has 1 aromatic rings. The Bertz CT molecular complexity index is 359. The topological polar surface area (TPSA) is 65.3 Å². The van der Waals surface area contributed by atoms with Gasteiger partial charge in [-0.15, -0.1) is 0 Å². The number of nitrogens with zero attached hydrogens (tertiary/aromatic N) is 2. The Morgan fingerprint density at radius 2 is 2.35 bits per heavy atom. The van der Waals surface area contributed by atoms with Crippen molar-refractivity contribution in [2.45, 2.75) is 23.6 Å². The van der Waals surface area contributed by atoms with E-state index < -0.39 is 4.92 Å². The molecular formula is C10H14N2O3S2. The minimum absolute atomic E-state index is 0.0202. The standard InChI is InChI=1S/C10H14N2O3S2/c1-8(5-6-15-2)16-17-10-4-3-9(7-11-10)12(13)14/h3-4,7-8H,5-6H2,1-2H3. The van der Waals surface area contributed by atoms with Gasteiger partial charge in [-0.25, -0.2) is 4.98 Å². The smallest absolute Gasteiger partial charge is 0.287 e. The number of hydrogen-bond acceptors (Lipinski definition) is 6. The second-order valence-electron chi connectivity index (χ2n) is 3.38. The van der Waals surface area contributed by atoms with E-state index in [1.165, 1.54) is 23.1 Å². The molecule has 1 atom stereocenters. The Morgan fingerprint density at radius 3 is 2.88 bits per heavy atom. The number of hydrogen-bond donors (Lipinski definition) is 0. The molecule has 0 fully saturated rings. The van der Waals surface area contributed by atoms with Gasteiger partial charge in [0.15, 0.2) is 0 Å². The van der Waals surface area contributed by atoms with Crippen LogP contribution in [0.1, 0.15) is 13.3 Å². The Morgan fingerprint density at radius 1 is 1.59 bits per heavy atom. The predicted molar refractivity (Wildman–Crippen MR) is 70.3 cm³/mol. The molecule has 1 rings (SSSR count). The van der Waals surface area contributed by atoms with Gasteiger partial charge in [0.05, 0.1) is 4.92 Å². The van der Waals surface area contributed by atoms with Gasteiger partial charge in [0.1, 0.15) is 11.2 Å². The lowest BCUT2D eigenvalue weighted by atomic mass is 10.3. The van der Waals surface area contributed by atoms with Gasteiger partial charge in [-0.05, 0) is 23.3 Å². The van der Waals surface area contributed by atoms with E-state index in [1.807, 2.05) is 0 Å². The Labute approximate surface area is 108 Å². The van der Waals surface area contributed by atoms with Crippen LogP contribution in [-0.2, 0) is 4.74 Å². The van der Waals surface area contributed by atoms with Crippen molar-refractivity contribution in [3.8, 4) is 0 Å². The van der Waals surface area contributed by atoms with Crippen molar-refractivity contribution in [3.05, 3.63) is 28.4 Å². The molecule has 0 spiro atoms. The maximum Gasteiger partial charge on any atom is 0.287 e. The Hall–Kier alpha value is -0.790. The molecule has 0 aliphatic rings. The zero-order chi connectivity index (χ0) is 12.7. The average molecular weight is 274 g/mol. The summed E-state index contributed by atoms with van der Waals surface area (Å²) >= 11 is 0. The van der Waals surface area contributed by atoms with Crippen molar-refractivity contribution in [1.82, 2.24) is 4.98 Å². The molecule has 0 saturated carbocycles.